The summed E-state index contributed by atoms with van der Waals surface area (Å²) in [6.07, 6.45) is 1.44. The molecule has 1 aliphatic rings. The van der Waals surface area contributed by atoms with E-state index in [4.69, 9.17) is 9.47 Å². The molecule has 0 radical (unpaired) electrons. The van der Waals surface area contributed by atoms with E-state index < -0.39 is 23.7 Å². The smallest absolute Gasteiger partial charge is 0.350 e. The van der Waals surface area contributed by atoms with Gasteiger partial charge in [-0.1, -0.05) is 66.5 Å². The molecular formula is C26H22N2O6S. The molecular weight excluding hydrogens is 468 g/mol. The molecule has 0 aliphatic carbocycles. The molecule has 1 amide bonds. The van der Waals surface area contributed by atoms with Gasteiger partial charge < -0.3 is 14.6 Å². The van der Waals surface area contributed by atoms with Crippen molar-refractivity contribution in [2.45, 2.75) is 13.0 Å². The van der Waals surface area contributed by atoms with Crippen molar-refractivity contribution in [1.29, 1.82) is 0 Å². The fourth-order valence-corrected chi connectivity index (χ4v) is 4.77. The Balaban J connectivity index is 1.89. The molecule has 0 bridgehead atoms. The van der Waals surface area contributed by atoms with Gasteiger partial charge in [-0.25, -0.2) is 9.78 Å². The van der Waals surface area contributed by atoms with Gasteiger partial charge in [0.1, 0.15) is 23.0 Å². The minimum Gasteiger partial charge on any atom is -0.507 e. The van der Waals surface area contributed by atoms with E-state index in [1.165, 1.54) is 18.1 Å². The maximum Gasteiger partial charge on any atom is 0.350 e. The first-order chi connectivity index (χ1) is 16.9. The molecule has 1 aliphatic heterocycles. The predicted octanol–water partition coefficient (Wildman–Crippen LogP) is 4.43. The fraction of sp³-hybridized carbons (Fsp3) is 0.154. The number of Topliss-reactive ketones (excluding diaryl/α,β-unsaturated/α-hetero) is 1. The van der Waals surface area contributed by atoms with Crippen LogP contribution in [0, 0.1) is 6.92 Å². The number of benzene rings is 2. The lowest BCUT2D eigenvalue weighted by atomic mass is 9.95. The molecule has 35 heavy (non-hydrogen) atoms. The number of aromatic nitrogens is 1. The van der Waals surface area contributed by atoms with Crippen LogP contribution in [0.25, 0.3) is 5.76 Å². The van der Waals surface area contributed by atoms with Crippen molar-refractivity contribution < 1.29 is 29.0 Å². The van der Waals surface area contributed by atoms with Gasteiger partial charge in [0.25, 0.3) is 5.78 Å². The third kappa shape index (κ3) is 4.45. The average Bonchev–Trinajstić information content (AvgIpc) is 3.39. The van der Waals surface area contributed by atoms with E-state index in [1.807, 2.05) is 0 Å². The highest BCUT2D eigenvalue weighted by Gasteiger charge is 2.48. The average molecular weight is 491 g/mol. The topological polar surface area (TPSA) is 106 Å². The maximum absolute atomic E-state index is 13.3. The van der Waals surface area contributed by atoms with Gasteiger partial charge in [0.2, 0.25) is 0 Å². The maximum atomic E-state index is 13.3. The molecule has 1 atom stereocenters. The minimum atomic E-state index is -0.993. The lowest BCUT2D eigenvalue weighted by molar-refractivity contribution is -0.132. The number of thiazole rings is 1. The van der Waals surface area contributed by atoms with Gasteiger partial charge in [-0.05, 0) is 24.6 Å². The third-order valence-corrected chi connectivity index (χ3v) is 6.55. The summed E-state index contributed by atoms with van der Waals surface area (Å²) >= 11 is 0.936. The number of ketones is 1. The van der Waals surface area contributed by atoms with Crippen molar-refractivity contribution in [3.63, 3.8) is 0 Å². The Morgan fingerprint density at radius 3 is 2.63 bits per heavy atom. The molecule has 1 unspecified atom stereocenters. The number of nitrogens with zero attached hydrogens (tertiary/aromatic N) is 2. The van der Waals surface area contributed by atoms with Gasteiger partial charge in [0.15, 0.2) is 5.13 Å². The monoisotopic (exact) mass is 490 g/mol. The second-order valence-electron chi connectivity index (χ2n) is 7.61. The normalized spacial score (nSPS) is 16.9. The Kier molecular flexibility index (Phi) is 6.79. The van der Waals surface area contributed by atoms with E-state index in [1.54, 1.807) is 61.5 Å². The van der Waals surface area contributed by atoms with Gasteiger partial charge in [-0.15, -0.1) is 0 Å². The molecule has 3 aromatic rings. The number of ether oxygens (including phenoxy) is 2. The van der Waals surface area contributed by atoms with Crippen molar-refractivity contribution >= 4 is 39.9 Å². The number of aryl methyl sites for hydroxylation is 1. The number of aliphatic hydroxyl groups excluding tert-OH is 1. The van der Waals surface area contributed by atoms with Crippen LogP contribution in [-0.2, 0) is 14.3 Å². The molecule has 178 valence electrons. The molecule has 4 rings (SSSR count). The van der Waals surface area contributed by atoms with Crippen LogP contribution < -0.4 is 9.64 Å². The molecule has 8 nitrogen and oxygen atoms in total. The summed E-state index contributed by atoms with van der Waals surface area (Å²) in [5.74, 6) is -2.13. The predicted molar refractivity (Wildman–Crippen MR) is 132 cm³/mol. The SMILES string of the molecule is C=CCOC(=O)c1sc(N2C(=O)C(=O)C(=C(O)c3ccccc3)C2c2cccc(OC)c2)nc1C. The number of methoxy groups -OCH3 is 1. The zero-order valence-corrected chi connectivity index (χ0v) is 19.9. The quantitative estimate of drug-likeness (QED) is 0.172. The number of rotatable bonds is 7. The molecule has 9 heteroatoms. The summed E-state index contributed by atoms with van der Waals surface area (Å²) in [7, 11) is 1.51. The summed E-state index contributed by atoms with van der Waals surface area (Å²) in [6.45, 7) is 5.17. The van der Waals surface area contributed by atoms with Crippen LogP contribution in [0.4, 0.5) is 5.13 Å². The highest BCUT2D eigenvalue weighted by molar-refractivity contribution is 7.17. The first kappa shape index (κ1) is 23.9. The molecule has 2 aromatic carbocycles. The van der Waals surface area contributed by atoms with Gasteiger partial charge in [-0.2, -0.15) is 0 Å². The van der Waals surface area contributed by atoms with Crippen molar-refractivity contribution in [3.8, 4) is 5.75 Å². The minimum absolute atomic E-state index is 0.0247. The summed E-state index contributed by atoms with van der Waals surface area (Å²) < 4.78 is 10.5. The molecule has 0 spiro atoms. The summed E-state index contributed by atoms with van der Waals surface area (Å²) in [4.78, 5) is 44.8. The highest BCUT2D eigenvalue weighted by atomic mass is 32.1. The number of esters is 1. The van der Waals surface area contributed by atoms with Gasteiger partial charge >= 0.3 is 11.9 Å². The fourth-order valence-electron chi connectivity index (χ4n) is 3.78. The first-order valence-electron chi connectivity index (χ1n) is 10.6. The molecule has 1 saturated heterocycles. The molecule has 1 fully saturated rings. The van der Waals surface area contributed by atoms with Crippen LogP contribution in [0.5, 0.6) is 5.75 Å². The van der Waals surface area contributed by atoms with Gasteiger partial charge in [0, 0.05) is 5.56 Å². The Labute approximate surface area is 205 Å². The second-order valence-corrected chi connectivity index (χ2v) is 8.59. The lowest BCUT2D eigenvalue weighted by Crippen LogP contribution is -2.29. The van der Waals surface area contributed by atoms with Crippen LogP contribution in [0.1, 0.15) is 32.5 Å². The number of anilines is 1. The highest BCUT2D eigenvalue weighted by Crippen LogP contribution is 2.44. The van der Waals surface area contributed by atoms with Crippen LogP contribution in [0.2, 0.25) is 0 Å². The number of hydrogen-bond acceptors (Lipinski definition) is 8. The number of amides is 1. The Morgan fingerprint density at radius 1 is 1.20 bits per heavy atom. The van der Waals surface area contributed by atoms with E-state index in [9.17, 15) is 19.5 Å². The molecule has 1 N–H and O–H groups in total. The number of hydrogen-bond donors (Lipinski definition) is 1. The Hall–Kier alpha value is -4.24. The Morgan fingerprint density at radius 2 is 1.94 bits per heavy atom. The number of carbonyl (C=O) groups is 3. The van der Waals surface area contributed by atoms with E-state index in [2.05, 4.69) is 11.6 Å². The largest absolute Gasteiger partial charge is 0.507 e. The third-order valence-electron chi connectivity index (χ3n) is 5.41. The zero-order valence-electron chi connectivity index (χ0n) is 19.1. The lowest BCUT2D eigenvalue weighted by Gasteiger charge is -2.23. The van der Waals surface area contributed by atoms with Crippen LogP contribution >= 0.6 is 11.3 Å². The zero-order chi connectivity index (χ0) is 25.1. The van der Waals surface area contributed by atoms with E-state index in [0.717, 1.165) is 11.3 Å². The van der Waals surface area contributed by atoms with E-state index >= 15 is 0 Å². The van der Waals surface area contributed by atoms with Crippen LogP contribution in [-0.4, -0.2) is 41.5 Å². The van der Waals surface area contributed by atoms with Gasteiger partial charge in [0.05, 0.1) is 24.4 Å². The van der Waals surface area contributed by atoms with Crippen LogP contribution in [0.15, 0.2) is 72.8 Å². The summed E-state index contributed by atoms with van der Waals surface area (Å²) in [5.41, 5.74) is 1.19. The number of aliphatic hydroxyl groups is 1. The molecule has 1 aromatic heterocycles. The number of carbonyl (C=O) groups excluding carboxylic acids is 3. The Bertz CT molecular complexity index is 1340. The van der Waals surface area contributed by atoms with Crippen molar-refractivity contribution in [3.05, 3.63) is 94.5 Å². The van der Waals surface area contributed by atoms with Crippen LogP contribution in [0.3, 0.4) is 0 Å². The van der Waals surface area contributed by atoms with Crippen molar-refractivity contribution in [1.82, 2.24) is 4.98 Å². The second kappa shape index (κ2) is 9.94. The van der Waals surface area contributed by atoms with Crippen molar-refractivity contribution in [2.75, 3.05) is 18.6 Å². The summed E-state index contributed by atoms with van der Waals surface area (Å²) in [5, 5.41) is 11.3. The first-order valence-corrected chi connectivity index (χ1v) is 11.4. The molecule has 0 saturated carbocycles. The van der Waals surface area contributed by atoms with E-state index in [-0.39, 0.29) is 27.9 Å². The van der Waals surface area contributed by atoms with Gasteiger partial charge in [-0.3, -0.25) is 14.5 Å². The standard InChI is InChI=1S/C26H22N2O6S/c1-4-13-34-25(32)23-15(2)27-26(35-23)28-20(17-11-8-12-18(14-17)33-3)19(22(30)24(28)31)21(29)16-9-6-5-7-10-16/h4-12,14,20,29H,1,13H2,2-3H3. The molecule has 2 heterocycles. The van der Waals surface area contributed by atoms with E-state index in [0.29, 0.717) is 22.6 Å². The summed E-state index contributed by atoms with van der Waals surface area (Å²) in [6, 6.07) is 14.4. The van der Waals surface area contributed by atoms with Crippen molar-refractivity contribution in [2.24, 2.45) is 0 Å².